The number of rotatable bonds is 1. The SMILES string of the molecule is CC1=CCCC=C1c1ccc2c(C)cccc2c1. The summed E-state index contributed by atoms with van der Waals surface area (Å²) in [6.45, 7) is 4.39. The van der Waals surface area contributed by atoms with Crippen LogP contribution in [0.15, 0.2) is 54.1 Å². The Hall–Kier alpha value is -1.82. The Labute approximate surface area is 109 Å². The zero-order valence-corrected chi connectivity index (χ0v) is 11.0. The van der Waals surface area contributed by atoms with E-state index in [-0.39, 0.29) is 0 Å². The van der Waals surface area contributed by atoms with Crippen LogP contribution in [-0.2, 0) is 0 Å². The largest absolute Gasteiger partial charge is 0.0807 e. The van der Waals surface area contributed by atoms with Crippen LogP contribution in [0.3, 0.4) is 0 Å². The Bertz CT molecular complexity index is 657. The predicted molar refractivity (Wildman–Crippen MR) is 79.7 cm³/mol. The Kier molecular flexibility index (Phi) is 2.79. The molecule has 1 aliphatic rings. The fourth-order valence-corrected chi connectivity index (χ4v) is 2.76. The molecule has 0 bridgehead atoms. The van der Waals surface area contributed by atoms with Gasteiger partial charge in [0.05, 0.1) is 0 Å². The molecule has 0 radical (unpaired) electrons. The van der Waals surface area contributed by atoms with Gasteiger partial charge in [0, 0.05) is 0 Å². The summed E-state index contributed by atoms with van der Waals surface area (Å²) in [5.41, 5.74) is 5.52. The normalized spacial score (nSPS) is 15.4. The number of hydrogen-bond acceptors (Lipinski definition) is 0. The first kappa shape index (κ1) is 11.3. The van der Waals surface area contributed by atoms with Crippen molar-refractivity contribution in [2.45, 2.75) is 26.7 Å². The van der Waals surface area contributed by atoms with Crippen molar-refractivity contribution < 1.29 is 0 Å². The molecule has 0 aromatic heterocycles. The zero-order valence-electron chi connectivity index (χ0n) is 11.0. The summed E-state index contributed by atoms with van der Waals surface area (Å²) in [4.78, 5) is 0. The van der Waals surface area contributed by atoms with Crippen molar-refractivity contribution in [1.82, 2.24) is 0 Å². The van der Waals surface area contributed by atoms with Gasteiger partial charge in [0.15, 0.2) is 0 Å². The molecule has 1 aliphatic carbocycles. The third kappa shape index (κ3) is 1.88. The number of aryl methyl sites for hydroxylation is 1. The first-order valence-corrected chi connectivity index (χ1v) is 6.63. The van der Waals surface area contributed by atoms with Crippen molar-refractivity contribution in [1.29, 1.82) is 0 Å². The molecular weight excluding hydrogens is 216 g/mol. The highest BCUT2D eigenvalue weighted by molar-refractivity contribution is 5.91. The van der Waals surface area contributed by atoms with E-state index in [2.05, 4.69) is 62.4 Å². The van der Waals surface area contributed by atoms with Gasteiger partial charge < -0.3 is 0 Å². The minimum absolute atomic E-state index is 1.17. The molecule has 0 unspecified atom stereocenters. The summed E-state index contributed by atoms with van der Waals surface area (Å²) < 4.78 is 0. The van der Waals surface area contributed by atoms with Gasteiger partial charge in [0.1, 0.15) is 0 Å². The second-order valence-electron chi connectivity index (χ2n) is 5.09. The van der Waals surface area contributed by atoms with Crippen LogP contribution >= 0.6 is 0 Å². The summed E-state index contributed by atoms with van der Waals surface area (Å²) in [5.74, 6) is 0. The number of hydrogen-bond donors (Lipinski definition) is 0. The maximum Gasteiger partial charge on any atom is -0.0154 e. The van der Waals surface area contributed by atoms with Crippen LogP contribution in [0.4, 0.5) is 0 Å². The molecule has 0 saturated heterocycles. The fourth-order valence-electron chi connectivity index (χ4n) is 2.76. The molecule has 3 rings (SSSR count). The fraction of sp³-hybridized carbons (Fsp3) is 0.222. The molecule has 0 amide bonds. The van der Waals surface area contributed by atoms with E-state index in [1.807, 2.05) is 0 Å². The highest BCUT2D eigenvalue weighted by atomic mass is 14.1. The Morgan fingerprint density at radius 1 is 0.889 bits per heavy atom. The van der Waals surface area contributed by atoms with Crippen LogP contribution in [0.5, 0.6) is 0 Å². The second-order valence-corrected chi connectivity index (χ2v) is 5.09. The smallest absolute Gasteiger partial charge is 0.0154 e. The van der Waals surface area contributed by atoms with Crippen molar-refractivity contribution in [3.05, 3.63) is 65.3 Å². The molecule has 0 atom stereocenters. The van der Waals surface area contributed by atoms with Crippen LogP contribution in [0.1, 0.15) is 30.9 Å². The van der Waals surface area contributed by atoms with E-state index in [1.54, 1.807) is 0 Å². The molecule has 0 spiro atoms. The van der Waals surface area contributed by atoms with Gasteiger partial charge in [-0.2, -0.15) is 0 Å². The van der Waals surface area contributed by atoms with Crippen molar-refractivity contribution in [2.75, 3.05) is 0 Å². The van der Waals surface area contributed by atoms with E-state index in [0.29, 0.717) is 0 Å². The predicted octanol–water partition coefficient (Wildman–Crippen LogP) is 5.27. The van der Waals surface area contributed by atoms with E-state index in [9.17, 15) is 0 Å². The topological polar surface area (TPSA) is 0 Å². The van der Waals surface area contributed by atoms with Gasteiger partial charge in [-0.05, 0) is 65.8 Å². The minimum atomic E-state index is 1.17. The van der Waals surface area contributed by atoms with Gasteiger partial charge in [-0.3, -0.25) is 0 Å². The monoisotopic (exact) mass is 234 g/mol. The van der Waals surface area contributed by atoms with Gasteiger partial charge in [0.25, 0.3) is 0 Å². The molecular formula is C18H18. The molecule has 0 N–H and O–H groups in total. The molecule has 0 fully saturated rings. The van der Waals surface area contributed by atoms with Crippen molar-refractivity contribution in [2.24, 2.45) is 0 Å². The Morgan fingerprint density at radius 2 is 1.72 bits per heavy atom. The molecule has 0 heteroatoms. The highest BCUT2D eigenvalue weighted by Gasteiger charge is 2.08. The highest BCUT2D eigenvalue weighted by Crippen LogP contribution is 2.30. The van der Waals surface area contributed by atoms with Crippen LogP contribution in [0, 0.1) is 6.92 Å². The van der Waals surface area contributed by atoms with Gasteiger partial charge in [-0.1, -0.05) is 42.5 Å². The van der Waals surface area contributed by atoms with Crippen molar-refractivity contribution >= 4 is 16.3 Å². The third-order valence-corrected chi connectivity index (χ3v) is 3.80. The van der Waals surface area contributed by atoms with Gasteiger partial charge in [0.2, 0.25) is 0 Å². The summed E-state index contributed by atoms with van der Waals surface area (Å²) in [6.07, 6.45) is 7.06. The minimum Gasteiger partial charge on any atom is -0.0807 e. The molecule has 0 nitrogen and oxygen atoms in total. The van der Waals surface area contributed by atoms with Crippen molar-refractivity contribution in [3.8, 4) is 0 Å². The number of allylic oxidation sites excluding steroid dienone is 4. The van der Waals surface area contributed by atoms with E-state index >= 15 is 0 Å². The van der Waals surface area contributed by atoms with E-state index < -0.39 is 0 Å². The lowest BCUT2D eigenvalue weighted by Crippen LogP contribution is -1.92. The summed E-state index contributed by atoms with van der Waals surface area (Å²) in [5, 5.41) is 2.70. The van der Waals surface area contributed by atoms with E-state index in [0.717, 1.165) is 0 Å². The van der Waals surface area contributed by atoms with Crippen LogP contribution in [0.25, 0.3) is 16.3 Å². The average molecular weight is 234 g/mol. The maximum absolute atomic E-state index is 2.37. The molecule has 2 aromatic rings. The summed E-state index contributed by atoms with van der Waals surface area (Å²) in [6, 6.07) is 13.3. The quantitative estimate of drug-likeness (QED) is 0.630. The van der Waals surface area contributed by atoms with Crippen LogP contribution in [0.2, 0.25) is 0 Å². The first-order chi connectivity index (χ1) is 8.75. The van der Waals surface area contributed by atoms with E-state index in [4.69, 9.17) is 0 Å². The standard InChI is InChI=1S/C18H18/c1-13-6-3-4-9-17(13)16-10-11-18-14(2)7-5-8-15(18)12-16/h5-12H,3-4H2,1-2H3. The summed E-state index contributed by atoms with van der Waals surface area (Å²) >= 11 is 0. The molecule has 0 aliphatic heterocycles. The Morgan fingerprint density at radius 3 is 2.56 bits per heavy atom. The van der Waals surface area contributed by atoms with Crippen molar-refractivity contribution in [3.63, 3.8) is 0 Å². The zero-order chi connectivity index (χ0) is 12.5. The van der Waals surface area contributed by atoms with Gasteiger partial charge in [-0.15, -0.1) is 0 Å². The molecule has 90 valence electrons. The third-order valence-electron chi connectivity index (χ3n) is 3.80. The summed E-state index contributed by atoms with van der Waals surface area (Å²) in [7, 11) is 0. The Balaban J connectivity index is 2.14. The molecule has 18 heavy (non-hydrogen) atoms. The first-order valence-electron chi connectivity index (χ1n) is 6.63. The lowest BCUT2D eigenvalue weighted by Gasteiger charge is -2.14. The lowest BCUT2D eigenvalue weighted by molar-refractivity contribution is 1.02. The van der Waals surface area contributed by atoms with Gasteiger partial charge in [-0.25, -0.2) is 0 Å². The molecule has 0 heterocycles. The van der Waals surface area contributed by atoms with Crippen LogP contribution < -0.4 is 0 Å². The van der Waals surface area contributed by atoms with Crippen LogP contribution in [-0.4, -0.2) is 0 Å². The number of fused-ring (bicyclic) bond motifs is 1. The second kappa shape index (κ2) is 4.45. The average Bonchev–Trinajstić information content (AvgIpc) is 2.39. The maximum atomic E-state index is 2.37. The lowest BCUT2D eigenvalue weighted by atomic mass is 9.91. The van der Waals surface area contributed by atoms with E-state index in [1.165, 1.54) is 45.9 Å². The number of benzene rings is 2. The van der Waals surface area contributed by atoms with Gasteiger partial charge >= 0.3 is 0 Å². The molecule has 0 saturated carbocycles. The molecule has 2 aromatic carbocycles.